The van der Waals surface area contributed by atoms with Crippen molar-refractivity contribution in [1.82, 2.24) is 15.0 Å². The molecule has 1 spiro atoms. The van der Waals surface area contributed by atoms with Crippen LogP contribution in [0.4, 0.5) is 5.69 Å². The molecule has 6 rings (SSSR count). The van der Waals surface area contributed by atoms with E-state index in [2.05, 4.69) is 32.4 Å². The standard InChI is InChI=1S/C26H24N6O4S/c1-34-23-14-30-20(12-31-23)24(33)32-16-2-3-21-17(10-16)26(6-7-28-25(27)37-26)18-11-19(29-13-22(18)36-21)15-4-8-35-9-5-15/h2-4,10-14H,5-9H2,1H3,(H2,27,28)(H,32,33)/t26-/m0/s1. The van der Waals surface area contributed by atoms with Gasteiger partial charge in [0.15, 0.2) is 10.9 Å². The molecule has 0 aliphatic carbocycles. The van der Waals surface area contributed by atoms with Crippen molar-refractivity contribution in [3.8, 4) is 17.4 Å². The van der Waals surface area contributed by atoms with Gasteiger partial charge in [-0.25, -0.2) is 9.97 Å². The Balaban J connectivity index is 1.39. The summed E-state index contributed by atoms with van der Waals surface area (Å²) in [4.78, 5) is 30.2. The number of hydrogen-bond acceptors (Lipinski definition) is 10. The fraction of sp³-hybridized carbons (Fsp3) is 0.269. The van der Waals surface area contributed by atoms with Gasteiger partial charge in [0.1, 0.15) is 11.4 Å². The summed E-state index contributed by atoms with van der Waals surface area (Å²) < 4.78 is 16.3. The molecular weight excluding hydrogens is 492 g/mol. The smallest absolute Gasteiger partial charge is 0.275 e. The Morgan fingerprint density at radius 1 is 1.14 bits per heavy atom. The molecule has 5 heterocycles. The van der Waals surface area contributed by atoms with Crippen molar-refractivity contribution in [2.45, 2.75) is 17.6 Å². The number of amidine groups is 1. The molecule has 1 aromatic carbocycles. The van der Waals surface area contributed by atoms with Crippen LogP contribution in [0.2, 0.25) is 0 Å². The van der Waals surface area contributed by atoms with Gasteiger partial charge in [-0.15, -0.1) is 0 Å². The molecule has 2 aromatic heterocycles. The van der Waals surface area contributed by atoms with Gasteiger partial charge in [-0.05, 0) is 42.7 Å². The second kappa shape index (κ2) is 9.49. The van der Waals surface area contributed by atoms with Crippen LogP contribution in [0.3, 0.4) is 0 Å². The Labute approximate surface area is 217 Å². The number of benzene rings is 1. The maximum absolute atomic E-state index is 12.9. The Hall–Kier alpha value is -3.96. The van der Waals surface area contributed by atoms with Gasteiger partial charge >= 0.3 is 0 Å². The van der Waals surface area contributed by atoms with Crippen molar-refractivity contribution in [2.75, 3.05) is 32.2 Å². The van der Waals surface area contributed by atoms with Crippen LogP contribution in [-0.4, -0.2) is 52.9 Å². The fourth-order valence-electron chi connectivity index (χ4n) is 4.75. The number of hydrogen-bond donors (Lipinski definition) is 2. The summed E-state index contributed by atoms with van der Waals surface area (Å²) in [5.41, 5.74) is 11.0. The molecule has 3 N–H and O–H groups in total. The lowest BCUT2D eigenvalue weighted by Gasteiger charge is -2.41. The van der Waals surface area contributed by atoms with Gasteiger partial charge in [0.25, 0.3) is 5.91 Å². The molecule has 3 aromatic rings. The topological polar surface area (TPSA) is 134 Å². The minimum absolute atomic E-state index is 0.179. The highest BCUT2D eigenvalue weighted by Gasteiger charge is 2.46. The van der Waals surface area contributed by atoms with Crippen LogP contribution in [0.1, 0.15) is 40.2 Å². The predicted molar refractivity (Wildman–Crippen MR) is 140 cm³/mol. The highest BCUT2D eigenvalue weighted by Crippen LogP contribution is 2.57. The molecule has 11 heteroatoms. The second-order valence-electron chi connectivity index (χ2n) is 8.73. The first-order valence-corrected chi connectivity index (χ1v) is 12.6. The Morgan fingerprint density at radius 3 is 2.78 bits per heavy atom. The Kier molecular flexibility index (Phi) is 6.01. The maximum Gasteiger partial charge on any atom is 0.275 e. The van der Waals surface area contributed by atoms with Crippen LogP contribution in [0.15, 0.2) is 53.9 Å². The van der Waals surface area contributed by atoms with Gasteiger partial charge in [-0.2, -0.15) is 0 Å². The van der Waals surface area contributed by atoms with E-state index in [1.54, 1.807) is 12.3 Å². The first-order chi connectivity index (χ1) is 18.1. The van der Waals surface area contributed by atoms with Crippen LogP contribution < -0.4 is 20.5 Å². The van der Waals surface area contributed by atoms with E-state index in [0.717, 1.165) is 28.8 Å². The van der Waals surface area contributed by atoms with Gasteiger partial charge < -0.3 is 25.3 Å². The third kappa shape index (κ3) is 4.30. The molecule has 0 fully saturated rings. The minimum Gasteiger partial charge on any atom is -0.480 e. The molecule has 1 atom stereocenters. The average molecular weight is 517 g/mol. The van der Waals surface area contributed by atoms with Gasteiger partial charge in [-0.3, -0.25) is 14.8 Å². The molecule has 0 bridgehead atoms. The number of nitrogens with zero attached hydrogens (tertiary/aromatic N) is 4. The van der Waals surface area contributed by atoms with Crippen molar-refractivity contribution in [3.63, 3.8) is 0 Å². The van der Waals surface area contributed by atoms with Crippen LogP contribution >= 0.6 is 11.8 Å². The summed E-state index contributed by atoms with van der Waals surface area (Å²) in [7, 11) is 1.49. The molecule has 0 saturated heterocycles. The number of nitrogens with one attached hydrogen (secondary N) is 1. The molecule has 37 heavy (non-hydrogen) atoms. The zero-order chi connectivity index (χ0) is 25.4. The van der Waals surface area contributed by atoms with E-state index in [-0.39, 0.29) is 11.6 Å². The van der Waals surface area contributed by atoms with Crippen LogP contribution in [0, 0.1) is 0 Å². The lowest BCUT2D eigenvalue weighted by atomic mass is 9.83. The number of carbonyl (C=O) groups is 1. The summed E-state index contributed by atoms with van der Waals surface area (Å²) in [6, 6.07) is 7.68. The molecule has 3 aliphatic rings. The number of ether oxygens (including phenoxy) is 3. The van der Waals surface area contributed by atoms with E-state index in [1.165, 1.54) is 31.3 Å². The number of methoxy groups -OCH3 is 1. The molecule has 188 valence electrons. The SMILES string of the molecule is COc1cnc(C(=O)Nc2ccc3c(c2)[C@@]2(CCN=C(N)S2)c2cc(C4=CCOCC4)ncc2O3)cn1. The van der Waals surface area contributed by atoms with Crippen LogP contribution in [-0.2, 0) is 9.48 Å². The van der Waals surface area contributed by atoms with Crippen LogP contribution in [0.5, 0.6) is 17.4 Å². The van der Waals surface area contributed by atoms with Gasteiger partial charge in [-0.1, -0.05) is 17.8 Å². The van der Waals surface area contributed by atoms with Crippen molar-refractivity contribution >= 4 is 34.1 Å². The van der Waals surface area contributed by atoms with E-state index >= 15 is 0 Å². The summed E-state index contributed by atoms with van der Waals surface area (Å²) in [6.45, 7) is 1.82. The number of anilines is 1. The monoisotopic (exact) mass is 516 g/mol. The summed E-state index contributed by atoms with van der Waals surface area (Å²) >= 11 is 1.51. The Morgan fingerprint density at radius 2 is 2.03 bits per heavy atom. The van der Waals surface area contributed by atoms with Gasteiger partial charge in [0.2, 0.25) is 5.88 Å². The summed E-state index contributed by atoms with van der Waals surface area (Å²) in [6.07, 6.45) is 8.16. The summed E-state index contributed by atoms with van der Waals surface area (Å²) in [5.74, 6) is 1.34. The quantitative estimate of drug-likeness (QED) is 0.532. The first kappa shape index (κ1) is 23.4. The number of rotatable bonds is 4. The number of pyridine rings is 1. The lowest BCUT2D eigenvalue weighted by Crippen LogP contribution is -2.35. The maximum atomic E-state index is 12.9. The number of thioether (sulfide) groups is 1. The molecule has 10 nitrogen and oxygen atoms in total. The number of nitrogens with two attached hydrogens (primary N) is 1. The van der Waals surface area contributed by atoms with E-state index < -0.39 is 4.75 Å². The fourth-order valence-corrected chi connectivity index (χ4v) is 5.99. The largest absolute Gasteiger partial charge is 0.480 e. The third-order valence-corrected chi connectivity index (χ3v) is 7.90. The molecular formula is C26H24N6O4S. The zero-order valence-corrected chi connectivity index (χ0v) is 20.9. The van der Waals surface area contributed by atoms with E-state index in [9.17, 15) is 4.79 Å². The second-order valence-corrected chi connectivity index (χ2v) is 10.0. The third-order valence-electron chi connectivity index (χ3n) is 6.57. The lowest BCUT2D eigenvalue weighted by molar-refractivity contribution is 0.102. The van der Waals surface area contributed by atoms with Crippen molar-refractivity contribution < 1.29 is 19.0 Å². The van der Waals surface area contributed by atoms with E-state index in [0.29, 0.717) is 54.4 Å². The highest BCUT2D eigenvalue weighted by atomic mass is 32.2. The number of aromatic nitrogens is 3. The number of aliphatic imine (C=N–C) groups is 1. The normalized spacial score (nSPS) is 20.1. The van der Waals surface area contributed by atoms with Gasteiger partial charge in [0.05, 0.1) is 49.4 Å². The van der Waals surface area contributed by atoms with E-state index in [4.69, 9.17) is 24.9 Å². The minimum atomic E-state index is -0.543. The molecule has 0 saturated carbocycles. The predicted octanol–water partition coefficient (Wildman–Crippen LogP) is 3.74. The highest BCUT2D eigenvalue weighted by molar-refractivity contribution is 8.14. The summed E-state index contributed by atoms with van der Waals surface area (Å²) in [5, 5.41) is 3.43. The molecule has 1 amide bonds. The number of carbonyl (C=O) groups excluding carboxylic acids is 1. The first-order valence-electron chi connectivity index (χ1n) is 11.8. The molecule has 0 unspecified atom stereocenters. The van der Waals surface area contributed by atoms with Crippen molar-refractivity contribution in [2.24, 2.45) is 10.7 Å². The average Bonchev–Trinajstić information content (AvgIpc) is 2.94. The van der Waals surface area contributed by atoms with E-state index in [1.807, 2.05) is 12.1 Å². The molecule has 0 radical (unpaired) electrons. The van der Waals surface area contributed by atoms with Crippen molar-refractivity contribution in [1.29, 1.82) is 0 Å². The van der Waals surface area contributed by atoms with Gasteiger partial charge in [0, 0.05) is 23.4 Å². The van der Waals surface area contributed by atoms with Crippen LogP contribution in [0.25, 0.3) is 5.57 Å². The Bertz CT molecular complexity index is 1440. The number of amides is 1. The zero-order valence-electron chi connectivity index (χ0n) is 20.1. The molecule has 3 aliphatic heterocycles. The number of fused-ring (bicyclic) bond motifs is 4. The van der Waals surface area contributed by atoms with Crippen molar-refractivity contribution in [3.05, 3.63) is 71.4 Å².